The Morgan fingerprint density at radius 2 is 1.81 bits per heavy atom. The van der Waals surface area contributed by atoms with Crippen molar-refractivity contribution >= 4 is 5.97 Å². The predicted molar refractivity (Wildman–Crippen MR) is 58.7 cm³/mol. The van der Waals surface area contributed by atoms with E-state index < -0.39 is 6.29 Å². The van der Waals surface area contributed by atoms with Crippen LogP contribution in [0, 0.1) is 0 Å². The highest BCUT2D eigenvalue weighted by atomic mass is 16.7. The Kier molecular flexibility index (Phi) is 5.53. The first kappa shape index (κ1) is 12.7. The molecule has 0 aliphatic carbocycles. The summed E-state index contributed by atoms with van der Waals surface area (Å²) < 4.78 is 14.9. The molecule has 0 aliphatic rings. The number of carbonyl (C=O) groups excluding carboxylic acids is 1. The number of carbonyl (C=O) groups is 1. The third-order valence-corrected chi connectivity index (χ3v) is 2.10. The lowest BCUT2D eigenvalue weighted by molar-refractivity contribution is -0.160. The number of hydrogen-bond acceptors (Lipinski definition) is 4. The van der Waals surface area contributed by atoms with Crippen molar-refractivity contribution in [2.24, 2.45) is 0 Å². The average Bonchev–Trinajstić information content (AvgIpc) is 2.34. The van der Waals surface area contributed by atoms with Crippen molar-refractivity contribution in [3.63, 3.8) is 0 Å². The van der Waals surface area contributed by atoms with Gasteiger partial charge in [0.05, 0.1) is 6.42 Å². The van der Waals surface area contributed by atoms with Crippen LogP contribution in [-0.2, 0) is 25.6 Å². The zero-order chi connectivity index (χ0) is 11.8. The van der Waals surface area contributed by atoms with Crippen molar-refractivity contribution in [2.45, 2.75) is 19.3 Å². The second-order valence-electron chi connectivity index (χ2n) is 3.25. The molecule has 0 aromatic heterocycles. The number of methoxy groups -OCH3 is 2. The van der Waals surface area contributed by atoms with Crippen molar-refractivity contribution in [1.29, 1.82) is 0 Å². The first-order valence-corrected chi connectivity index (χ1v) is 5.01. The van der Waals surface area contributed by atoms with Gasteiger partial charge in [-0.05, 0) is 5.56 Å². The minimum Gasteiger partial charge on any atom is -0.461 e. The van der Waals surface area contributed by atoms with Crippen molar-refractivity contribution in [3.8, 4) is 0 Å². The number of rotatable bonds is 6. The third-order valence-electron chi connectivity index (χ3n) is 2.10. The molecule has 0 spiro atoms. The van der Waals surface area contributed by atoms with E-state index in [9.17, 15) is 4.79 Å². The van der Waals surface area contributed by atoms with Crippen LogP contribution in [0.25, 0.3) is 0 Å². The van der Waals surface area contributed by atoms with E-state index in [-0.39, 0.29) is 19.0 Å². The van der Waals surface area contributed by atoms with Crippen LogP contribution in [0.1, 0.15) is 12.0 Å². The first-order chi connectivity index (χ1) is 7.76. The summed E-state index contributed by atoms with van der Waals surface area (Å²) in [6.07, 6.45) is -0.442. The van der Waals surface area contributed by atoms with Crippen molar-refractivity contribution in [1.82, 2.24) is 0 Å². The zero-order valence-electron chi connectivity index (χ0n) is 9.51. The van der Waals surface area contributed by atoms with Gasteiger partial charge in [0, 0.05) is 14.2 Å². The van der Waals surface area contributed by atoms with Crippen LogP contribution >= 0.6 is 0 Å². The molecule has 0 saturated heterocycles. The normalized spacial score (nSPS) is 10.4. The predicted octanol–water partition coefficient (Wildman–Crippen LogP) is 1.74. The van der Waals surface area contributed by atoms with Gasteiger partial charge in [0.1, 0.15) is 6.61 Å². The molecule has 1 aromatic carbocycles. The minimum atomic E-state index is -0.539. The lowest BCUT2D eigenvalue weighted by Gasteiger charge is -2.12. The SMILES string of the molecule is COC(CC(=O)OCc1ccccc1)OC. The number of ether oxygens (including phenoxy) is 3. The van der Waals surface area contributed by atoms with Crippen LogP contribution < -0.4 is 0 Å². The van der Waals surface area contributed by atoms with Crippen LogP contribution in [0.3, 0.4) is 0 Å². The Hall–Kier alpha value is -1.39. The Labute approximate surface area is 95.1 Å². The Morgan fingerprint density at radius 1 is 1.19 bits per heavy atom. The van der Waals surface area contributed by atoms with Crippen LogP contribution in [0.4, 0.5) is 0 Å². The molecule has 4 heteroatoms. The van der Waals surface area contributed by atoms with Crippen LogP contribution in [-0.4, -0.2) is 26.5 Å². The van der Waals surface area contributed by atoms with E-state index in [4.69, 9.17) is 14.2 Å². The molecular weight excluding hydrogens is 208 g/mol. The second kappa shape index (κ2) is 6.98. The second-order valence-corrected chi connectivity index (χ2v) is 3.25. The van der Waals surface area contributed by atoms with Gasteiger partial charge >= 0.3 is 5.97 Å². The van der Waals surface area contributed by atoms with Crippen LogP contribution in [0.5, 0.6) is 0 Å². The van der Waals surface area contributed by atoms with Gasteiger partial charge in [0.25, 0.3) is 0 Å². The Balaban J connectivity index is 2.30. The highest BCUT2D eigenvalue weighted by Gasteiger charge is 2.12. The smallest absolute Gasteiger partial charge is 0.311 e. The summed E-state index contributed by atoms with van der Waals surface area (Å²) in [5.74, 6) is -0.336. The largest absolute Gasteiger partial charge is 0.461 e. The summed E-state index contributed by atoms with van der Waals surface area (Å²) in [5.41, 5.74) is 0.960. The van der Waals surface area contributed by atoms with Gasteiger partial charge in [0.15, 0.2) is 6.29 Å². The molecule has 0 unspecified atom stereocenters. The van der Waals surface area contributed by atoms with E-state index in [0.29, 0.717) is 0 Å². The minimum absolute atomic E-state index is 0.0971. The van der Waals surface area contributed by atoms with Crippen molar-refractivity contribution in [3.05, 3.63) is 35.9 Å². The lowest BCUT2D eigenvalue weighted by Crippen LogP contribution is -2.19. The van der Waals surface area contributed by atoms with Gasteiger partial charge in [-0.15, -0.1) is 0 Å². The summed E-state index contributed by atoms with van der Waals surface area (Å²) >= 11 is 0. The van der Waals surface area contributed by atoms with Gasteiger partial charge < -0.3 is 14.2 Å². The summed E-state index contributed by atoms with van der Waals surface area (Å²) in [4.78, 5) is 11.4. The molecule has 0 radical (unpaired) electrons. The van der Waals surface area contributed by atoms with Gasteiger partial charge in [-0.3, -0.25) is 4.79 Å². The monoisotopic (exact) mass is 224 g/mol. The van der Waals surface area contributed by atoms with E-state index in [1.165, 1.54) is 14.2 Å². The highest BCUT2D eigenvalue weighted by molar-refractivity contribution is 5.69. The molecule has 0 bridgehead atoms. The first-order valence-electron chi connectivity index (χ1n) is 5.01. The highest BCUT2D eigenvalue weighted by Crippen LogP contribution is 2.04. The fourth-order valence-electron chi connectivity index (χ4n) is 1.20. The molecule has 0 amide bonds. The van der Waals surface area contributed by atoms with Gasteiger partial charge in [-0.1, -0.05) is 30.3 Å². The number of hydrogen-bond donors (Lipinski definition) is 0. The van der Waals surface area contributed by atoms with E-state index in [2.05, 4.69) is 0 Å². The third kappa shape index (κ3) is 4.42. The fraction of sp³-hybridized carbons (Fsp3) is 0.417. The standard InChI is InChI=1S/C12H16O4/c1-14-12(15-2)8-11(13)16-9-10-6-4-3-5-7-10/h3-7,12H,8-9H2,1-2H3. The molecule has 88 valence electrons. The van der Waals surface area contributed by atoms with E-state index in [0.717, 1.165) is 5.56 Å². The van der Waals surface area contributed by atoms with Crippen molar-refractivity contribution in [2.75, 3.05) is 14.2 Å². The fourth-order valence-corrected chi connectivity index (χ4v) is 1.20. The maximum absolute atomic E-state index is 11.4. The Morgan fingerprint density at radius 3 is 2.38 bits per heavy atom. The Bertz CT molecular complexity index is 306. The molecule has 0 saturated carbocycles. The lowest BCUT2D eigenvalue weighted by atomic mass is 10.2. The number of benzene rings is 1. The molecular formula is C12H16O4. The molecule has 0 N–H and O–H groups in total. The van der Waals surface area contributed by atoms with Gasteiger partial charge in [-0.2, -0.15) is 0 Å². The molecule has 0 fully saturated rings. The summed E-state index contributed by atoms with van der Waals surface area (Å²) in [5, 5.41) is 0. The summed E-state index contributed by atoms with van der Waals surface area (Å²) in [6, 6.07) is 9.51. The van der Waals surface area contributed by atoms with Crippen LogP contribution in [0.2, 0.25) is 0 Å². The average molecular weight is 224 g/mol. The molecule has 1 rings (SSSR count). The molecule has 16 heavy (non-hydrogen) atoms. The van der Waals surface area contributed by atoms with Crippen LogP contribution in [0.15, 0.2) is 30.3 Å². The van der Waals surface area contributed by atoms with Crippen molar-refractivity contribution < 1.29 is 19.0 Å². The topological polar surface area (TPSA) is 44.8 Å². The van der Waals surface area contributed by atoms with E-state index in [1.807, 2.05) is 30.3 Å². The zero-order valence-corrected chi connectivity index (χ0v) is 9.51. The van der Waals surface area contributed by atoms with E-state index >= 15 is 0 Å². The summed E-state index contributed by atoms with van der Waals surface area (Å²) in [6.45, 7) is 0.278. The number of esters is 1. The molecule has 4 nitrogen and oxygen atoms in total. The molecule has 0 atom stereocenters. The molecule has 0 heterocycles. The molecule has 1 aromatic rings. The summed E-state index contributed by atoms with van der Waals surface area (Å²) in [7, 11) is 2.97. The van der Waals surface area contributed by atoms with Gasteiger partial charge in [0.2, 0.25) is 0 Å². The quantitative estimate of drug-likeness (QED) is 0.545. The molecule has 0 aliphatic heterocycles. The maximum Gasteiger partial charge on any atom is 0.311 e. The van der Waals surface area contributed by atoms with E-state index in [1.54, 1.807) is 0 Å². The maximum atomic E-state index is 11.4. The van der Waals surface area contributed by atoms with Gasteiger partial charge in [-0.25, -0.2) is 0 Å².